The summed E-state index contributed by atoms with van der Waals surface area (Å²) in [5.41, 5.74) is 1.91. The first-order chi connectivity index (χ1) is 13.1. The summed E-state index contributed by atoms with van der Waals surface area (Å²) in [5, 5.41) is 5.52. The van der Waals surface area contributed by atoms with Gasteiger partial charge in [0.2, 0.25) is 11.8 Å². The first kappa shape index (κ1) is 21.5. The van der Waals surface area contributed by atoms with Crippen LogP contribution in [0.5, 0.6) is 0 Å². The molecule has 28 heavy (non-hydrogen) atoms. The van der Waals surface area contributed by atoms with Crippen LogP contribution in [-0.2, 0) is 22.2 Å². The SMILES string of the molecule is CC(=O)NC(CC(=O)NCCc1ccc(C(F)(F)F)cc1)c1ccc(C)cc1. The smallest absolute Gasteiger partial charge is 0.356 e. The Hall–Kier alpha value is -2.83. The Labute approximate surface area is 162 Å². The molecule has 2 aromatic carbocycles. The molecule has 0 aliphatic carbocycles. The maximum Gasteiger partial charge on any atom is 0.416 e. The number of carbonyl (C=O) groups excluding carboxylic acids is 2. The molecule has 0 radical (unpaired) electrons. The topological polar surface area (TPSA) is 58.2 Å². The van der Waals surface area contributed by atoms with Gasteiger partial charge in [0.1, 0.15) is 0 Å². The van der Waals surface area contributed by atoms with Gasteiger partial charge in [-0.2, -0.15) is 13.2 Å². The van der Waals surface area contributed by atoms with E-state index in [2.05, 4.69) is 10.6 Å². The maximum atomic E-state index is 12.6. The molecule has 1 unspecified atom stereocenters. The molecule has 7 heteroatoms. The van der Waals surface area contributed by atoms with E-state index in [4.69, 9.17) is 0 Å². The fourth-order valence-electron chi connectivity index (χ4n) is 2.76. The summed E-state index contributed by atoms with van der Waals surface area (Å²) in [6.45, 7) is 3.64. The summed E-state index contributed by atoms with van der Waals surface area (Å²) in [5.74, 6) is -0.477. The van der Waals surface area contributed by atoms with Crippen LogP contribution < -0.4 is 10.6 Å². The van der Waals surface area contributed by atoms with Crippen molar-refractivity contribution in [2.75, 3.05) is 6.54 Å². The molecule has 0 spiro atoms. The zero-order valence-corrected chi connectivity index (χ0v) is 15.8. The van der Waals surface area contributed by atoms with Crippen LogP contribution in [0.25, 0.3) is 0 Å². The van der Waals surface area contributed by atoms with Crippen molar-refractivity contribution < 1.29 is 22.8 Å². The lowest BCUT2D eigenvalue weighted by Gasteiger charge is -2.18. The second kappa shape index (κ2) is 9.39. The van der Waals surface area contributed by atoms with Crippen molar-refractivity contribution in [3.05, 3.63) is 70.8 Å². The van der Waals surface area contributed by atoms with Crippen LogP contribution in [0.1, 0.15) is 41.6 Å². The lowest BCUT2D eigenvalue weighted by atomic mass is 10.0. The van der Waals surface area contributed by atoms with E-state index >= 15 is 0 Å². The normalized spacial score (nSPS) is 12.3. The molecule has 0 saturated heterocycles. The molecule has 1 atom stereocenters. The van der Waals surface area contributed by atoms with Crippen molar-refractivity contribution in [3.63, 3.8) is 0 Å². The van der Waals surface area contributed by atoms with Crippen molar-refractivity contribution >= 4 is 11.8 Å². The highest BCUT2D eigenvalue weighted by Gasteiger charge is 2.29. The Balaban J connectivity index is 1.88. The Kier molecular flexibility index (Phi) is 7.20. The van der Waals surface area contributed by atoms with Gasteiger partial charge in [0.15, 0.2) is 0 Å². The number of rotatable bonds is 7. The minimum Gasteiger partial charge on any atom is -0.356 e. The lowest BCUT2D eigenvalue weighted by Crippen LogP contribution is -2.33. The molecule has 0 aliphatic rings. The van der Waals surface area contributed by atoms with Gasteiger partial charge >= 0.3 is 6.18 Å². The van der Waals surface area contributed by atoms with Gasteiger partial charge in [-0.1, -0.05) is 42.0 Å². The Morgan fingerprint density at radius 1 is 1.00 bits per heavy atom. The summed E-state index contributed by atoms with van der Waals surface area (Å²) < 4.78 is 37.7. The van der Waals surface area contributed by atoms with Crippen molar-refractivity contribution in [1.82, 2.24) is 10.6 Å². The number of amides is 2. The molecule has 4 nitrogen and oxygen atoms in total. The van der Waals surface area contributed by atoms with Gasteiger partial charge in [0.05, 0.1) is 18.0 Å². The lowest BCUT2D eigenvalue weighted by molar-refractivity contribution is -0.137. The van der Waals surface area contributed by atoms with Crippen LogP contribution in [0.3, 0.4) is 0 Å². The van der Waals surface area contributed by atoms with Crippen LogP contribution in [0.2, 0.25) is 0 Å². The quantitative estimate of drug-likeness (QED) is 0.750. The van der Waals surface area contributed by atoms with Gasteiger partial charge in [-0.15, -0.1) is 0 Å². The molecule has 0 aromatic heterocycles. The summed E-state index contributed by atoms with van der Waals surface area (Å²) in [6.07, 6.45) is -3.86. The first-order valence-corrected chi connectivity index (χ1v) is 8.91. The number of aryl methyl sites for hydroxylation is 1. The molecule has 0 fully saturated rings. The van der Waals surface area contributed by atoms with Gasteiger partial charge in [-0.3, -0.25) is 9.59 Å². The largest absolute Gasteiger partial charge is 0.416 e. The summed E-state index contributed by atoms with van der Waals surface area (Å²) >= 11 is 0. The standard InChI is InChI=1S/C21H23F3N2O2/c1-14-3-7-17(8-4-14)19(26-15(2)27)13-20(28)25-12-11-16-5-9-18(10-6-16)21(22,23)24/h3-10,19H,11-13H2,1-2H3,(H,25,28)(H,26,27). The van der Waals surface area contributed by atoms with Gasteiger partial charge < -0.3 is 10.6 Å². The Morgan fingerprint density at radius 3 is 2.14 bits per heavy atom. The van der Waals surface area contributed by atoms with E-state index in [1.807, 2.05) is 31.2 Å². The van der Waals surface area contributed by atoms with Crippen LogP contribution in [0.15, 0.2) is 48.5 Å². The van der Waals surface area contributed by atoms with E-state index in [1.165, 1.54) is 19.1 Å². The van der Waals surface area contributed by atoms with E-state index in [1.54, 1.807) is 0 Å². The second-order valence-corrected chi connectivity index (χ2v) is 6.66. The van der Waals surface area contributed by atoms with Crippen LogP contribution >= 0.6 is 0 Å². The van der Waals surface area contributed by atoms with Crippen LogP contribution in [0.4, 0.5) is 13.2 Å². The van der Waals surface area contributed by atoms with Crippen molar-refractivity contribution in [1.29, 1.82) is 0 Å². The average Bonchev–Trinajstić information content (AvgIpc) is 2.61. The molecule has 0 aliphatic heterocycles. The van der Waals surface area contributed by atoms with Gasteiger partial charge in [-0.25, -0.2) is 0 Å². The average molecular weight is 392 g/mol. The molecule has 2 rings (SSSR count). The van der Waals surface area contributed by atoms with Crippen molar-refractivity contribution in [2.45, 2.75) is 38.9 Å². The van der Waals surface area contributed by atoms with Crippen LogP contribution in [0, 0.1) is 6.92 Å². The molecule has 0 saturated carbocycles. The molecular formula is C21H23F3N2O2. The number of hydrogen-bond acceptors (Lipinski definition) is 2. The molecule has 150 valence electrons. The number of benzene rings is 2. The molecular weight excluding hydrogens is 369 g/mol. The predicted octanol–water partition coefficient (Wildman–Crippen LogP) is 3.94. The zero-order chi connectivity index (χ0) is 20.7. The van der Waals surface area contributed by atoms with Crippen molar-refractivity contribution in [2.24, 2.45) is 0 Å². The second-order valence-electron chi connectivity index (χ2n) is 6.66. The minimum absolute atomic E-state index is 0.0790. The first-order valence-electron chi connectivity index (χ1n) is 8.91. The number of nitrogens with one attached hydrogen (secondary N) is 2. The summed E-state index contributed by atoms with van der Waals surface area (Å²) in [4.78, 5) is 23.7. The highest BCUT2D eigenvalue weighted by Crippen LogP contribution is 2.29. The molecule has 0 heterocycles. The monoisotopic (exact) mass is 392 g/mol. The zero-order valence-electron chi connectivity index (χ0n) is 15.8. The Bertz CT molecular complexity index is 800. The number of hydrogen-bond donors (Lipinski definition) is 2. The van der Waals surface area contributed by atoms with Gasteiger partial charge in [0, 0.05) is 13.5 Å². The van der Waals surface area contributed by atoms with E-state index in [-0.39, 0.29) is 18.2 Å². The molecule has 2 N–H and O–H groups in total. The van der Waals surface area contributed by atoms with E-state index in [0.717, 1.165) is 23.3 Å². The molecule has 2 aromatic rings. The number of carbonyl (C=O) groups is 2. The van der Waals surface area contributed by atoms with Gasteiger partial charge in [-0.05, 0) is 36.6 Å². The number of halogens is 3. The van der Waals surface area contributed by atoms with E-state index in [9.17, 15) is 22.8 Å². The third-order valence-electron chi connectivity index (χ3n) is 4.26. The number of alkyl halides is 3. The summed E-state index contributed by atoms with van der Waals surface area (Å²) in [6, 6.07) is 12.0. The maximum absolute atomic E-state index is 12.6. The fourth-order valence-corrected chi connectivity index (χ4v) is 2.76. The third-order valence-corrected chi connectivity index (χ3v) is 4.26. The molecule has 0 bridgehead atoms. The third kappa shape index (κ3) is 6.72. The fraction of sp³-hybridized carbons (Fsp3) is 0.333. The van der Waals surface area contributed by atoms with E-state index < -0.39 is 17.8 Å². The Morgan fingerprint density at radius 2 is 1.61 bits per heavy atom. The summed E-state index contributed by atoms with van der Waals surface area (Å²) in [7, 11) is 0. The van der Waals surface area contributed by atoms with Crippen molar-refractivity contribution in [3.8, 4) is 0 Å². The van der Waals surface area contributed by atoms with Gasteiger partial charge in [0.25, 0.3) is 0 Å². The van der Waals surface area contributed by atoms with E-state index in [0.29, 0.717) is 18.5 Å². The highest BCUT2D eigenvalue weighted by atomic mass is 19.4. The predicted molar refractivity (Wildman–Crippen MR) is 101 cm³/mol. The highest BCUT2D eigenvalue weighted by molar-refractivity contribution is 5.79. The van der Waals surface area contributed by atoms with Crippen LogP contribution in [-0.4, -0.2) is 18.4 Å². The molecule has 2 amide bonds. The minimum atomic E-state index is -4.36.